The summed E-state index contributed by atoms with van der Waals surface area (Å²) in [5, 5.41) is 34.6. The predicted octanol–water partition coefficient (Wildman–Crippen LogP) is -2.02. The fourth-order valence-corrected chi connectivity index (χ4v) is 6.10. The van der Waals surface area contributed by atoms with Crippen LogP contribution in [0, 0.1) is 0 Å². The molecule has 3 amide bonds. The number of para-hydroxylation sites is 1. The third-order valence-electron chi connectivity index (χ3n) is 8.45. The Balaban J connectivity index is 1.26. The minimum absolute atomic E-state index is 0.00412. The first-order valence-electron chi connectivity index (χ1n) is 13.2. The zero-order valence-corrected chi connectivity index (χ0v) is 21.9. The summed E-state index contributed by atoms with van der Waals surface area (Å²) in [6.07, 6.45) is 2.69. The zero-order valence-electron chi connectivity index (χ0n) is 21.9. The second kappa shape index (κ2) is 8.61. The first kappa shape index (κ1) is 25.5. The highest BCUT2D eigenvalue weighted by Crippen LogP contribution is 2.45. The van der Waals surface area contributed by atoms with E-state index < -0.39 is 35.5 Å². The maximum atomic E-state index is 13.5. The molecule has 1 saturated heterocycles. The summed E-state index contributed by atoms with van der Waals surface area (Å²) in [7, 11) is 0. The van der Waals surface area contributed by atoms with Crippen LogP contribution in [0.5, 0.6) is 5.75 Å². The highest BCUT2D eigenvalue weighted by atomic mass is 16.5. The van der Waals surface area contributed by atoms with Gasteiger partial charge in [0.25, 0.3) is 5.91 Å². The Morgan fingerprint density at radius 2 is 1.97 bits per heavy atom. The number of nitrogens with two attached hydrogens (primary N) is 2. The molecule has 14 nitrogen and oxygen atoms in total. The van der Waals surface area contributed by atoms with Crippen LogP contribution in [0.1, 0.15) is 49.0 Å². The van der Waals surface area contributed by atoms with Gasteiger partial charge in [0.15, 0.2) is 17.6 Å². The lowest BCUT2D eigenvalue weighted by Crippen LogP contribution is -2.78. The van der Waals surface area contributed by atoms with Crippen molar-refractivity contribution in [1.29, 1.82) is 0 Å². The number of nitrogens with zero attached hydrogens (tertiary/aromatic N) is 3. The van der Waals surface area contributed by atoms with E-state index in [9.17, 15) is 19.8 Å². The highest BCUT2D eigenvalue weighted by molar-refractivity contribution is 5.98. The summed E-state index contributed by atoms with van der Waals surface area (Å²) in [5.74, 6) is -2.64. The van der Waals surface area contributed by atoms with Gasteiger partial charge >= 0.3 is 6.03 Å². The molecule has 0 aromatic heterocycles. The molecule has 4 atom stereocenters. The minimum Gasteiger partial charge on any atom is -0.492 e. The van der Waals surface area contributed by atoms with E-state index in [-0.39, 0.29) is 42.5 Å². The van der Waals surface area contributed by atoms with E-state index >= 15 is 0 Å². The second-order valence-corrected chi connectivity index (χ2v) is 11.6. The maximum absolute atomic E-state index is 13.5. The van der Waals surface area contributed by atoms with Crippen LogP contribution in [0.4, 0.5) is 4.79 Å². The molecule has 1 aliphatic carbocycles. The van der Waals surface area contributed by atoms with Crippen molar-refractivity contribution in [2.24, 2.45) is 21.5 Å². The molecular weight excluding hydrogens is 506 g/mol. The van der Waals surface area contributed by atoms with E-state index in [1.54, 1.807) is 12.1 Å². The number of aliphatic hydroxyl groups is 2. The van der Waals surface area contributed by atoms with E-state index in [1.165, 1.54) is 4.90 Å². The van der Waals surface area contributed by atoms with Gasteiger partial charge in [-0.15, -0.1) is 0 Å². The molecular formula is C25H35N9O5. The van der Waals surface area contributed by atoms with Crippen LogP contribution in [-0.4, -0.2) is 94.3 Å². The monoisotopic (exact) mass is 541 g/mol. The van der Waals surface area contributed by atoms with E-state index in [2.05, 4.69) is 45.1 Å². The Hall–Kier alpha value is -3.78. The summed E-state index contributed by atoms with van der Waals surface area (Å²) in [4.78, 5) is 36.1. The average molecular weight is 542 g/mol. The van der Waals surface area contributed by atoms with Crippen molar-refractivity contribution in [2.75, 3.05) is 19.7 Å². The summed E-state index contributed by atoms with van der Waals surface area (Å²) in [6.45, 7) is 4.61. The molecule has 1 spiro atoms. The predicted molar refractivity (Wildman–Crippen MR) is 141 cm³/mol. The van der Waals surface area contributed by atoms with Crippen LogP contribution in [0.15, 0.2) is 28.2 Å². The lowest BCUT2D eigenvalue weighted by molar-refractivity contribution is -0.230. The number of amides is 3. The number of carbonyl (C=O) groups is 2. The summed E-state index contributed by atoms with van der Waals surface area (Å²) < 4.78 is 5.89. The van der Waals surface area contributed by atoms with Crippen LogP contribution in [-0.2, 0) is 5.41 Å². The molecule has 4 aliphatic heterocycles. The first-order valence-corrected chi connectivity index (χ1v) is 13.2. The SMILES string of the molecule is CC1(C)CCOc2c(C(=O)NC3CN4C(N)=N[C@@H](CNC(=O)NC5CC5)[C@@H]5N=C(N)N[C@@]54C3(O)O)cccc21. The smallest absolute Gasteiger partial charge is 0.315 e. The number of urea groups is 1. The number of aliphatic imine (C=N–C) groups is 2. The largest absolute Gasteiger partial charge is 0.492 e. The molecule has 1 aromatic carbocycles. The molecule has 6 rings (SSSR count). The van der Waals surface area contributed by atoms with Crippen molar-refractivity contribution < 1.29 is 24.5 Å². The van der Waals surface area contributed by atoms with Gasteiger partial charge in [0.1, 0.15) is 17.8 Å². The molecule has 1 aromatic rings. The molecule has 1 unspecified atom stereocenters. The summed E-state index contributed by atoms with van der Waals surface area (Å²) in [6, 6.07) is 2.32. The number of guanidine groups is 2. The molecule has 10 N–H and O–H groups in total. The lowest BCUT2D eigenvalue weighted by Gasteiger charge is -2.49. The van der Waals surface area contributed by atoms with Crippen molar-refractivity contribution in [2.45, 2.75) is 74.1 Å². The molecule has 39 heavy (non-hydrogen) atoms. The maximum Gasteiger partial charge on any atom is 0.315 e. The quantitative estimate of drug-likeness (QED) is 0.193. The van der Waals surface area contributed by atoms with Gasteiger partial charge in [-0.05, 0) is 30.7 Å². The Bertz CT molecular complexity index is 1280. The Labute approximate surface area is 225 Å². The molecule has 5 aliphatic rings. The van der Waals surface area contributed by atoms with Crippen molar-refractivity contribution in [3.05, 3.63) is 29.3 Å². The van der Waals surface area contributed by atoms with Crippen LogP contribution >= 0.6 is 0 Å². The number of ether oxygens (including phenoxy) is 1. The van der Waals surface area contributed by atoms with E-state index in [1.807, 2.05) is 6.07 Å². The normalized spacial score (nSPS) is 31.4. The van der Waals surface area contributed by atoms with Crippen LogP contribution in [0.3, 0.4) is 0 Å². The third kappa shape index (κ3) is 3.92. The Morgan fingerprint density at radius 3 is 2.72 bits per heavy atom. The second-order valence-electron chi connectivity index (χ2n) is 11.6. The van der Waals surface area contributed by atoms with Crippen LogP contribution in [0.2, 0.25) is 0 Å². The number of benzene rings is 1. The molecule has 2 fully saturated rings. The number of hydrogen-bond donors (Lipinski definition) is 8. The highest BCUT2D eigenvalue weighted by Gasteiger charge is 2.73. The molecule has 210 valence electrons. The Kier molecular flexibility index (Phi) is 5.63. The van der Waals surface area contributed by atoms with E-state index in [0.717, 1.165) is 24.8 Å². The van der Waals surface area contributed by atoms with Gasteiger partial charge in [-0.1, -0.05) is 26.0 Å². The lowest BCUT2D eigenvalue weighted by atomic mass is 9.79. The molecule has 0 radical (unpaired) electrons. The van der Waals surface area contributed by atoms with Crippen molar-refractivity contribution in [3.8, 4) is 5.75 Å². The summed E-state index contributed by atoms with van der Waals surface area (Å²) >= 11 is 0. The van der Waals surface area contributed by atoms with Gasteiger partial charge in [-0.3, -0.25) is 4.79 Å². The van der Waals surface area contributed by atoms with Crippen LogP contribution < -0.4 is 37.5 Å². The standard InChI is InChI=1S/C25H35N9O5/c1-23(2)8-9-39-17-13(4-3-5-14(17)23)19(35)31-16-11-34-21(27)30-15(10-28-22(36)29-12-6-7-12)18-24(34,25(16,37)38)33-20(26)32-18/h3-5,12,15-16,18,37-38H,6-11H2,1-2H3,(H2,27,30)(H,31,35)(H3,26,32,33)(H2,28,29,36)/t15-,16?,18-,24-/m0/s1. The number of rotatable bonds is 5. The molecule has 14 heteroatoms. The van der Waals surface area contributed by atoms with Crippen molar-refractivity contribution in [3.63, 3.8) is 0 Å². The Morgan fingerprint density at radius 1 is 1.21 bits per heavy atom. The fourth-order valence-electron chi connectivity index (χ4n) is 6.10. The molecule has 0 bridgehead atoms. The van der Waals surface area contributed by atoms with Gasteiger partial charge in [0, 0.05) is 24.7 Å². The third-order valence-corrected chi connectivity index (χ3v) is 8.45. The van der Waals surface area contributed by atoms with Gasteiger partial charge in [-0.25, -0.2) is 14.8 Å². The summed E-state index contributed by atoms with van der Waals surface area (Å²) in [5.41, 5.74) is 11.7. The van der Waals surface area contributed by atoms with E-state index in [4.69, 9.17) is 16.2 Å². The number of carbonyl (C=O) groups excluding carboxylic acids is 2. The topological polar surface area (TPSA) is 212 Å². The minimum atomic E-state index is -2.58. The van der Waals surface area contributed by atoms with E-state index in [0.29, 0.717) is 17.9 Å². The first-order chi connectivity index (χ1) is 18.4. The van der Waals surface area contributed by atoms with Gasteiger partial charge in [0.05, 0.1) is 18.2 Å². The van der Waals surface area contributed by atoms with Crippen molar-refractivity contribution in [1.82, 2.24) is 26.2 Å². The van der Waals surface area contributed by atoms with Gasteiger partial charge < -0.3 is 52.6 Å². The molecule has 4 heterocycles. The molecule has 1 saturated carbocycles. The van der Waals surface area contributed by atoms with Crippen molar-refractivity contribution >= 4 is 23.9 Å². The zero-order chi connectivity index (χ0) is 27.7. The number of fused-ring (bicyclic) bond motifs is 1. The fraction of sp³-hybridized carbons (Fsp3) is 0.600. The number of nitrogens with one attached hydrogen (secondary N) is 4. The number of hydrogen-bond acceptors (Lipinski definition) is 11. The average Bonchev–Trinajstić information content (AvgIpc) is 3.56. The van der Waals surface area contributed by atoms with Gasteiger partial charge in [0.2, 0.25) is 5.79 Å². The van der Waals surface area contributed by atoms with Crippen LogP contribution in [0.25, 0.3) is 0 Å². The van der Waals surface area contributed by atoms with Gasteiger partial charge in [-0.2, -0.15) is 0 Å².